The Kier molecular flexibility index (Phi) is 8.30. The second-order valence-electron chi connectivity index (χ2n) is 7.05. The lowest BCUT2D eigenvalue weighted by Crippen LogP contribution is -2.48. The van der Waals surface area contributed by atoms with Crippen LogP contribution in [0.15, 0.2) is 54.2 Å². The van der Waals surface area contributed by atoms with E-state index in [4.69, 9.17) is 0 Å². The van der Waals surface area contributed by atoms with Crippen molar-refractivity contribution in [2.75, 3.05) is 18.4 Å². The first-order valence-electron chi connectivity index (χ1n) is 10.1. The molecule has 10 nitrogen and oxygen atoms in total. The van der Waals surface area contributed by atoms with Crippen molar-refractivity contribution in [1.29, 1.82) is 0 Å². The van der Waals surface area contributed by atoms with Crippen LogP contribution in [0.5, 0.6) is 5.75 Å². The van der Waals surface area contributed by atoms with Crippen LogP contribution in [-0.2, 0) is 11.2 Å². The number of aliphatic carboxylic acids is 1. The van der Waals surface area contributed by atoms with Gasteiger partial charge in [-0.15, -0.1) is 11.3 Å². The molecule has 1 aromatic carbocycles. The first-order valence-corrected chi connectivity index (χ1v) is 11.0. The molecule has 3 aromatic rings. The van der Waals surface area contributed by atoms with Gasteiger partial charge in [0.15, 0.2) is 0 Å². The fraction of sp³-hybridized carbons (Fsp3) is 0.227. The number of phenolic OH excluding ortho intramolecular Hbond substituents is 1. The summed E-state index contributed by atoms with van der Waals surface area (Å²) in [5, 5.41) is 28.5. The van der Waals surface area contributed by atoms with Gasteiger partial charge in [0, 0.05) is 25.5 Å². The highest BCUT2D eigenvalue weighted by atomic mass is 32.1. The van der Waals surface area contributed by atoms with E-state index in [9.17, 15) is 24.6 Å². The normalized spacial score (nSPS) is 11.4. The number of thiophene rings is 1. The van der Waals surface area contributed by atoms with Crippen molar-refractivity contribution >= 4 is 35.1 Å². The van der Waals surface area contributed by atoms with Crippen LogP contribution in [0.25, 0.3) is 0 Å². The molecule has 1 atom stereocenters. The standard InChI is InChI=1S/C22H23N5O5S/c28-16-6-1-4-14(10-16)5-2-8-23-22-25-11-15(12-26-22)19(29)27-17(21(31)32)13-24-20(30)18-7-3-9-33-18/h1,3-4,6-7,9-12,17,28H,2,5,8,13H2,(H,24,30)(H,27,29)(H,31,32)(H,23,25,26). The molecule has 3 rings (SSSR count). The zero-order chi connectivity index (χ0) is 23.6. The number of carbonyl (C=O) groups excluding carboxylic acids is 2. The maximum absolute atomic E-state index is 12.4. The molecule has 5 N–H and O–H groups in total. The third-order valence-corrected chi connectivity index (χ3v) is 5.43. The zero-order valence-electron chi connectivity index (χ0n) is 17.5. The van der Waals surface area contributed by atoms with Crippen molar-refractivity contribution in [3.8, 4) is 5.75 Å². The molecular formula is C22H23N5O5S. The lowest BCUT2D eigenvalue weighted by molar-refractivity contribution is -0.139. The molecule has 2 aromatic heterocycles. The summed E-state index contributed by atoms with van der Waals surface area (Å²) in [6, 6.07) is 9.07. The molecule has 0 aliphatic heterocycles. The molecule has 2 heterocycles. The molecule has 2 amide bonds. The number of nitrogens with zero attached hydrogens (tertiary/aromatic N) is 2. The third-order valence-electron chi connectivity index (χ3n) is 4.57. The van der Waals surface area contributed by atoms with Gasteiger partial charge < -0.3 is 26.2 Å². The average Bonchev–Trinajstić information content (AvgIpc) is 3.34. The highest BCUT2D eigenvalue weighted by Gasteiger charge is 2.22. The van der Waals surface area contributed by atoms with Gasteiger partial charge in [-0.05, 0) is 42.0 Å². The van der Waals surface area contributed by atoms with E-state index in [1.807, 2.05) is 6.07 Å². The first-order chi connectivity index (χ1) is 15.9. The van der Waals surface area contributed by atoms with Gasteiger partial charge in [-0.25, -0.2) is 14.8 Å². The van der Waals surface area contributed by atoms with Crippen molar-refractivity contribution in [2.24, 2.45) is 0 Å². The average molecular weight is 470 g/mol. The Morgan fingerprint density at radius 3 is 2.52 bits per heavy atom. The number of anilines is 1. The number of aromatic nitrogens is 2. The van der Waals surface area contributed by atoms with Crippen LogP contribution in [0.1, 0.15) is 32.0 Å². The molecule has 0 fully saturated rings. The number of aryl methyl sites for hydroxylation is 1. The number of rotatable bonds is 11. The van der Waals surface area contributed by atoms with Crippen molar-refractivity contribution in [1.82, 2.24) is 20.6 Å². The van der Waals surface area contributed by atoms with Gasteiger partial charge in [0.2, 0.25) is 5.95 Å². The quantitative estimate of drug-likeness (QED) is 0.267. The predicted molar refractivity (Wildman–Crippen MR) is 122 cm³/mol. The summed E-state index contributed by atoms with van der Waals surface area (Å²) in [6.45, 7) is 0.323. The smallest absolute Gasteiger partial charge is 0.328 e. The molecule has 0 aliphatic carbocycles. The van der Waals surface area contributed by atoms with Crippen LogP contribution in [0.3, 0.4) is 0 Å². The van der Waals surface area contributed by atoms with Crippen LogP contribution < -0.4 is 16.0 Å². The van der Waals surface area contributed by atoms with Gasteiger partial charge in [0.1, 0.15) is 11.8 Å². The Hall–Kier alpha value is -3.99. The van der Waals surface area contributed by atoms with E-state index in [2.05, 4.69) is 25.9 Å². The second-order valence-corrected chi connectivity index (χ2v) is 7.99. The number of carboxylic acids is 1. The monoisotopic (exact) mass is 469 g/mol. The van der Waals surface area contributed by atoms with Gasteiger partial charge in [0.05, 0.1) is 10.4 Å². The molecular weight excluding hydrogens is 446 g/mol. The summed E-state index contributed by atoms with van der Waals surface area (Å²) < 4.78 is 0. The molecule has 0 saturated heterocycles. The summed E-state index contributed by atoms with van der Waals surface area (Å²) in [6.07, 6.45) is 4.14. The molecule has 0 saturated carbocycles. The SMILES string of the molecule is O=C(NC(CNC(=O)c1cccs1)C(=O)O)c1cnc(NCCCc2cccc(O)c2)nc1. The molecule has 0 aliphatic rings. The van der Waals surface area contributed by atoms with Crippen LogP contribution >= 0.6 is 11.3 Å². The molecule has 11 heteroatoms. The highest BCUT2D eigenvalue weighted by Crippen LogP contribution is 2.12. The molecule has 33 heavy (non-hydrogen) atoms. The van der Waals surface area contributed by atoms with E-state index in [0.29, 0.717) is 17.4 Å². The zero-order valence-corrected chi connectivity index (χ0v) is 18.3. The molecule has 172 valence electrons. The van der Waals surface area contributed by atoms with Crippen LogP contribution in [-0.4, -0.2) is 57.1 Å². The number of hydrogen-bond acceptors (Lipinski definition) is 8. The van der Waals surface area contributed by atoms with Crippen molar-refractivity contribution in [2.45, 2.75) is 18.9 Å². The molecule has 0 radical (unpaired) electrons. The molecule has 0 spiro atoms. The first kappa shape index (κ1) is 23.7. The Balaban J connectivity index is 1.45. The summed E-state index contributed by atoms with van der Waals surface area (Å²) in [5.41, 5.74) is 1.11. The van der Waals surface area contributed by atoms with Crippen molar-refractivity contribution in [3.05, 3.63) is 70.2 Å². The van der Waals surface area contributed by atoms with Gasteiger partial charge in [0.25, 0.3) is 11.8 Å². The summed E-state index contributed by atoms with van der Waals surface area (Å²) in [7, 11) is 0. The van der Waals surface area contributed by atoms with Crippen LogP contribution in [0.2, 0.25) is 0 Å². The predicted octanol–water partition coefficient (Wildman–Crippen LogP) is 1.90. The summed E-state index contributed by atoms with van der Waals surface area (Å²) >= 11 is 1.23. The highest BCUT2D eigenvalue weighted by molar-refractivity contribution is 7.12. The van der Waals surface area contributed by atoms with E-state index in [0.717, 1.165) is 18.4 Å². The third kappa shape index (κ3) is 7.28. The number of nitrogens with one attached hydrogen (secondary N) is 3. The van der Waals surface area contributed by atoms with Crippen molar-refractivity contribution < 1.29 is 24.6 Å². The molecule has 0 bridgehead atoms. The number of carboxylic acid groups (broad SMARTS) is 1. The number of hydrogen-bond donors (Lipinski definition) is 5. The fourth-order valence-electron chi connectivity index (χ4n) is 2.87. The fourth-order valence-corrected chi connectivity index (χ4v) is 3.51. The number of benzene rings is 1. The molecule has 1 unspecified atom stereocenters. The topological polar surface area (TPSA) is 154 Å². The van der Waals surface area contributed by atoms with Gasteiger partial charge in [-0.1, -0.05) is 18.2 Å². The summed E-state index contributed by atoms with van der Waals surface area (Å²) in [5.74, 6) is -1.79. The summed E-state index contributed by atoms with van der Waals surface area (Å²) in [4.78, 5) is 44.4. The van der Waals surface area contributed by atoms with Gasteiger partial charge >= 0.3 is 5.97 Å². The van der Waals surface area contributed by atoms with E-state index in [-0.39, 0.29) is 17.9 Å². The lowest BCUT2D eigenvalue weighted by atomic mass is 10.1. The minimum Gasteiger partial charge on any atom is -0.508 e. The number of carbonyl (C=O) groups is 3. The Morgan fingerprint density at radius 2 is 1.85 bits per heavy atom. The van der Waals surface area contributed by atoms with Gasteiger partial charge in [-0.2, -0.15) is 0 Å². The van der Waals surface area contributed by atoms with E-state index in [1.165, 1.54) is 23.7 Å². The van der Waals surface area contributed by atoms with Crippen LogP contribution in [0.4, 0.5) is 5.95 Å². The Morgan fingerprint density at radius 1 is 1.06 bits per heavy atom. The van der Waals surface area contributed by atoms with E-state index < -0.39 is 23.8 Å². The van der Waals surface area contributed by atoms with Gasteiger partial charge in [-0.3, -0.25) is 9.59 Å². The maximum Gasteiger partial charge on any atom is 0.328 e. The second kappa shape index (κ2) is 11.6. The van der Waals surface area contributed by atoms with Crippen LogP contribution in [0, 0.1) is 0 Å². The van der Waals surface area contributed by atoms with E-state index >= 15 is 0 Å². The van der Waals surface area contributed by atoms with Crippen molar-refractivity contribution in [3.63, 3.8) is 0 Å². The lowest BCUT2D eigenvalue weighted by Gasteiger charge is -2.15. The maximum atomic E-state index is 12.4. The minimum atomic E-state index is -1.31. The Bertz CT molecular complexity index is 1090. The van der Waals surface area contributed by atoms with E-state index in [1.54, 1.807) is 35.7 Å². The Labute approximate surface area is 193 Å². The minimum absolute atomic E-state index is 0.0937. The largest absolute Gasteiger partial charge is 0.508 e. The number of phenols is 1. The number of amides is 2. The number of aromatic hydroxyl groups is 1.